The summed E-state index contributed by atoms with van der Waals surface area (Å²) in [4.78, 5) is 2.42. The van der Waals surface area contributed by atoms with Crippen molar-refractivity contribution in [1.82, 2.24) is 0 Å². The molecule has 1 heterocycles. The first kappa shape index (κ1) is 7.86. The minimum atomic E-state index is 1.22. The van der Waals surface area contributed by atoms with Crippen LogP contribution >= 0.6 is 0 Å². The van der Waals surface area contributed by atoms with E-state index < -0.39 is 0 Å². The van der Waals surface area contributed by atoms with Gasteiger partial charge in [-0.25, -0.2) is 0 Å². The summed E-state index contributed by atoms with van der Waals surface area (Å²) in [5.74, 6) is 0. The first-order valence-corrected chi connectivity index (χ1v) is 5.17. The van der Waals surface area contributed by atoms with Crippen molar-refractivity contribution in [2.24, 2.45) is 0 Å². The van der Waals surface area contributed by atoms with Crippen molar-refractivity contribution >= 4 is 16.5 Å². The molecule has 14 heavy (non-hydrogen) atoms. The van der Waals surface area contributed by atoms with Crippen LogP contribution in [0.5, 0.6) is 0 Å². The van der Waals surface area contributed by atoms with E-state index in [9.17, 15) is 0 Å². The molecule has 3 rings (SSSR count). The molecule has 1 saturated heterocycles. The molecule has 0 spiro atoms. The smallest absolute Gasteiger partial charge is 0.0372 e. The zero-order valence-corrected chi connectivity index (χ0v) is 8.11. The van der Waals surface area contributed by atoms with Crippen LogP contribution < -0.4 is 4.90 Å². The van der Waals surface area contributed by atoms with E-state index in [0.717, 1.165) is 0 Å². The van der Waals surface area contributed by atoms with Gasteiger partial charge in [0.25, 0.3) is 0 Å². The Labute approximate surface area is 84.0 Å². The van der Waals surface area contributed by atoms with Crippen LogP contribution in [0.15, 0.2) is 42.5 Å². The Kier molecular flexibility index (Phi) is 1.69. The minimum absolute atomic E-state index is 1.22. The maximum absolute atomic E-state index is 2.42. The van der Waals surface area contributed by atoms with Crippen LogP contribution in [-0.4, -0.2) is 13.1 Å². The third-order valence-corrected chi connectivity index (χ3v) is 2.95. The van der Waals surface area contributed by atoms with Crippen LogP contribution in [0.1, 0.15) is 6.42 Å². The maximum Gasteiger partial charge on any atom is 0.0372 e. The predicted molar refractivity (Wildman–Crippen MR) is 60.8 cm³/mol. The fourth-order valence-corrected chi connectivity index (χ4v) is 1.95. The average molecular weight is 183 g/mol. The first-order chi connectivity index (χ1) is 6.93. The second-order valence-electron chi connectivity index (χ2n) is 3.87. The Morgan fingerprint density at radius 1 is 0.857 bits per heavy atom. The molecule has 0 N–H and O–H groups in total. The molecule has 0 unspecified atom stereocenters. The van der Waals surface area contributed by atoms with Gasteiger partial charge in [0.05, 0.1) is 0 Å². The van der Waals surface area contributed by atoms with Gasteiger partial charge in [-0.3, -0.25) is 0 Å². The lowest BCUT2D eigenvalue weighted by molar-refractivity contribution is 0.618. The monoisotopic (exact) mass is 183 g/mol. The average Bonchev–Trinajstić information content (AvgIpc) is 2.15. The lowest BCUT2D eigenvalue weighted by atomic mass is 10.1. The van der Waals surface area contributed by atoms with Gasteiger partial charge >= 0.3 is 0 Å². The third-order valence-electron chi connectivity index (χ3n) is 2.95. The molecule has 0 bridgehead atoms. The van der Waals surface area contributed by atoms with Gasteiger partial charge in [-0.1, -0.05) is 30.3 Å². The van der Waals surface area contributed by atoms with Gasteiger partial charge in [-0.05, 0) is 29.3 Å². The van der Waals surface area contributed by atoms with Crippen molar-refractivity contribution < 1.29 is 0 Å². The molecular weight excluding hydrogens is 170 g/mol. The number of benzene rings is 2. The van der Waals surface area contributed by atoms with Crippen molar-refractivity contribution in [2.45, 2.75) is 6.42 Å². The van der Waals surface area contributed by atoms with Gasteiger partial charge in [0.15, 0.2) is 0 Å². The van der Waals surface area contributed by atoms with Gasteiger partial charge < -0.3 is 4.90 Å². The van der Waals surface area contributed by atoms with Gasteiger partial charge in [-0.2, -0.15) is 0 Å². The topological polar surface area (TPSA) is 3.24 Å². The fourth-order valence-electron chi connectivity index (χ4n) is 1.95. The van der Waals surface area contributed by atoms with Crippen LogP contribution in [0.4, 0.5) is 5.69 Å². The predicted octanol–water partition coefficient (Wildman–Crippen LogP) is 3.05. The highest BCUT2D eigenvalue weighted by molar-refractivity contribution is 5.85. The van der Waals surface area contributed by atoms with E-state index in [1.807, 2.05) is 0 Å². The third kappa shape index (κ3) is 1.17. The summed E-state index contributed by atoms with van der Waals surface area (Å²) in [6, 6.07) is 15.3. The van der Waals surface area contributed by atoms with Gasteiger partial charge in [0.1, 0.15) is 0 Å². The molecule has 0 radical (unpaired) electrons. The summed E-state index contributed by atoms with van der Waals surface area (Å²) in [6.07, 6.45) is 1.34. The summed E-state index contributed by atoms with van der Waals surface area (Å²) < 4.78 is 0. The number of hydrogen-bond donors (Lipinski definition) is 0. The summed E-state index contributed by atoms with van der Waals surface area (Å²) in [5, 5.41) is 2.67. The Hall–Kier alpha value is -1.50. The van der Waals surface area contributed by atoms with Crippen molar-refractivity contribution in [3.8, 4) is 0 Å². The van der Waals surface area contributed by atoms with E-state index in [0.29, 0.717) is 0 Å². The van der Waals surface area contributed by atoms with Crippen LogP contribution in [0.2, 0.25) is 0 Å². The van der Waals surface area contributed by atoms with Crippen LogP contribution in [0, 0.1) is 0 Å². The molecule has 0 amide bonds. The van der Waals surface area contributed by atoms with E-state index in [1.54, 1.807) is 0 Å². The van der Waals surface area contributed by atoms with E-state index in [1.165, 1.54) is 36.0 Å². The Morgan fingerprint density at radius 2 is 1.64 bits per heavy atom. The molecule has 2 aromatic carbocycles. The van der Waals surface area contributed by atoms with E-state index >= 15 is 0 Å². The lowest BCUT2D eigenvalue weighted by Crippen LogP contribution is -2.36. The Bertz CT molecular complexity index is 457. The molecular formula is C13H13N. The maximum atomic E-state index is 2.42. The molecule has 1 aliphatic rings. The van der Waals surface area contributed by atoms with E-state index in [4.69, 9.17) is 0 Å². The number of anilines is 1. The van der Waals surface area contributed by atoms with Crippen molar-refractivity contribution in [2.75, 3.05) is 18.0 Å². The van der Waals surface area contributed by atoms with Crippen molar-refractivity contribution in [1.29, 1.82) is 0 Å². The quantitative estimate of drug-likeness (QED) is 0.656. The number of fused-ring (bicyclic) bond motifs is 1. The van der Waals surface area contributed by atoms with Crippen LogP contribution in [0.25, 0.3) is 10.8 Å². The SMILES string of the molecule is c1ccc2cc(N3CCC3)ccc2c1. The van der Waals surface area contributed by atoms with Crippen LogP contribution in [-0.2, 0) is 0 Å². The molecule has 2 aromatic rings. The molecule has 1 aliphatic heterocycles. The molecule has 0 aliphatic carbocycles. The van der Waals surface area contributed by atoms with Crippen molar-refractivity contribution in [3.63, 3.8) is 0 Å². The lowest BCUT2D eigenvalue weighted by Gasteiger charge is -2.33. The standard InChI is InChI=1S/C13H13N/c1-2-5-12-10-13(14-8-3-9-14)7-6-11(12)4-1/h1-2,4-7,10H,3,8-9H2. The first-order valence-electron chi connectivity index (χ1n) is 5.17. The van der Waals surface area contributed by atoms with Gasteiger partial charge in [0.2, 0.25) is 0 Å². The Morgan fingerprint density at radius 3 is 2.36 bits per heavy atom. The van der Waals surface area contributed by atoms with Gasteiger partial charge in [-0.15, -0.1) is 0 Å². The molecule has 70 valence electrons. The largest absolute Gasteiger partial charge is 0.371 e. The van der Waals surface area contributed by atoms with Gasteiger partial charge in [0, 0.05) is 18.8 Å². The highest BCUT2D eigenvalue weighted by atomic mass is 15.2. The molecule has 0 atom stereocenters. The number of rotatable bonds is 1. The minimum Gasteiger partial charge on any atom is -0.371 e. The van der Waals surface area contributed by atoms with Crippen LogP contribution in [0.3, 0.4) is 0 Å². The fraction of sp³-hybridized carbons (Fsp3) is 0.231. The normalized spacial score (nSPS) is 15.6. The van der Waals surface area contributed by atoms with Crippen molar-refractivity contribution in [3.05, 3.63) is 42.5 Å². The summed E-state index contributed by atoms with van der Waals surface area (Å²) in [7, 11) is 0. The summed E-state index contributed by atoms with van der Waals surface area (Å²) in [5.41, 5.74) is 1.37. The number of hydrogen-bond acceptors (Lipinski definition) is 1. The number of nitrogens with zero attached hydrogens (tertiary/aromatic N) is 1. The molecule has 0 aromatic heterocycles. The molecule has 1 heteroatoms. The zero-order valence-electron chi connectivity index (χ0n) is 8.11. The second kappa shape index (κ2) is 3.02. The zero-order chi connectivity index (χ0) is 9.38. The van der Waals surface area contributed by atoms with E-state index in [2.05, 4.69) is 47.4 Å². The van der Waals surface area contributed by atoms with E-state index in [-0.39, 0.29) is 0 Å². The highest BCUT2D eigenvalue weighted by Gasteiger charge is 2.13. The summed E-state index contributed by atoms with van der Waals surface area (Å²) >= 11 is 0. The highest BCUT2D eigenvalue weighted by Crippen LogP contribution is 2.25. The molecule has 0 saturated carbocycles. The molecule has 1 nitrogen and oxygen atoms in total. The Balaban J connectivity index is 2.10. The molecule has 1 fully saturated rings. The second-order valence-corrected chi connectivity index (χ2v) is 3.87. The summed E-state index contributed by atoms with van der Waals surface area (Å²) in [6.45, 7) is 2.44.